The number of benzene rings is 3. The second-order valence-corrected chi connectivity index (χ2v) is 8.50. The van der Waals surface area contributed by atoms with Gasteiger partial charge in [0.2, 0.25) is 0 Å². The fourth-order valence-electron chi connectivity index (χ4n) is 4.00. The number of halogens is 1. The van der Waals surface area contributed by atoms with Crippen LogP contribution in [0.1, 0.15) is 27.9 Å². The zero-order valence-electron chi connectivity index (χ0n) is 17.4. The summed E-state index contributed by atoms with van der Waals surface area (Å²) in [6.07, 6.45) is -0.0295. The molecule has 1 amide bonds. The lowest BCUT2D eigenvalue weighted by Gasteiger charge is -2.23. The van der Waals surface area contributed by atoms with Crippen LogP contribution in [0.5, 0.6) is 0 Å². The van der Waals surface area contributed by atoms with Gasteiger partial charge in [-0.1, -0.05) is 58.4 Å². The third-order valence-electron chi connectivity index (χ3n) is 5.58. The van der Waals surface area contributed by atoms with Crippen molar-refractivity contribution < 1.29 is 25.1 Å². The molecule has 8 nitrogen and oxygen atoms in total. The molecule has 0 radical (unpaired) electrons. The Kier molecular flexibility index (Phi) is 7.06. The lowest BCUT2D eigenvalue weighted by atomic mass is 9.88. The molecule has 33 heavy (non-hydrogen) atoms. The van der Waals surface area contributed by atoms with Gasteiger partial charge in [-0.2, -0.15) is 0 Å². The minimum atomic E-state index is -2.11. The molecule has 3 aromatic carbocycles. The fourth-order valence-corrected chi connectivity index (χ4v) is 4.36. The first kappa shape index (κ1) is 24.2. The van der Waals surface area contributed by atoms with Crippen LogP contribution in [0.4, 0.5) is 11.4 Å². The Bertz CT molecular complexity index is 1220. The molecule has 3 aromatic rings. The zero-order chi connectivity index (χ0) is 22.9. The second kappa shape index (κ2) is 9.62. The Hall–Kier alpha value is -3.40. The Labute approximate surface area is 198 Å². The van der Waals surface area contributed by atoms with Gasteiger partial charge in [0, 0.05) is 22.6 Å². The van der Waals surface area contributed by atoms with E-state index in [1.807, 2.05) is 30.3 Å². The van der Waals surface area contributed by atoms with Crippen molar-refractivity contribution in [2.75, 3.05) is 11.4 Å². The fraction of sp³-hybridized carbons (Fsp3) is 0.167. The summed E-state index contributed by atoms with van der Waals surface area (Å²) in [5.41, 5.74) is -0.759. The number of hydrogen-bond donors (Lipinski definition) is 1. The van der Waals surface area contributed by atoms with Crippen LogP contribution in [0.15, 0.2) is 77.3 Å². The van der Waals surface area contributed by atoms with Crippen LogP contribution in [0.25, 0.3) is 0 Å². The number of amides is 1. The second-order valence-electron chi connectivity index (χ2n) is 7.59. The summed E-state index contributed by atoms with van der Waals surface area (Å²) >= 11 is 3.36. The van der Waals surface area contributed by atoms with Crippen LogP contribution in [-0.2, 0) is 16.8 Å². The molecule has 0 saturated heterocycles. The molecule has 0 spiro atoms. The van der Waals surface area contributed by atoms with Gasteiger partial charge >= 0.3 is 0 Å². The number of nitro groups is 1. The average molecular weight is 513 g/mol. The number of nitro benzene ring substituents is 1. The van der Waals surface area contributed by atoms with Gasteiger partial charge in [0.1, 0.15) is 0 Å². The molecular formula is C24H21BrN2O6. The summed E-state index contributed by atoms with van der Waals surface area (Å²) in [5, 5.41) is 22.8. The van der Waals surface area contributed by atoms with Crippen LogP contribution in [0, 0.1) is 10.1 Å². The smallest absolute Gasteiger partial charge is 0.280 e. The molecule has 0 fully saturated rings. The first-order chi connectivity index (χ1) is 15.3. The van der Waals surface area contributed by atoms with Crippen LogP contribution < -0.4 is 4.90 Å². The molecule has 1 unspecified atom stereocenters. The van der Waals surface area contributed by atoms with Crippen molar-refractivity contribution in [2.24, 2.45) is 0 Å². The van der Waals surface area contributed by atoms with E-state index < -0.39 is 28.6 Å². The third-order valence-corrected chi connectivity index (χ3v) is 6.07. The van der Waals surface area contributed by atoms with Crippen LogP contribution in [0.3, 0.4) is 0 Å². The number of para-hydroxylation sites is 1. The van der Waals surface area contributed by atoms with Crippen molar-refractivity contribution in [3.05, 3.63) is 104 Å². The van der Waals surface area contributed by atoms with Gasteiger partial charge in [0.25, 0.3) is 11.6 Å². The highest BCUT2D eigenvalue weighted by Gasteiger charge is 2.51. The molecule has 1 atom stereocenters. The summed E-state index contributed by atoms with van der Waals surface area (Å²) in [4.78, 5) is 38.5. The van der Waals surface area contributed by atoms with E-state index in [-0.39, 0.29) is 16.7 Å². The Balaban J connectivity index is 0.00000306. The first-order valence-electron chi connectivity index (χ1n) is 9.96. The van der Waals surface area contributed by atoms with Crippen molar-refractivity contribution >= 4 is 39.0 Å². The maximum absolute atomic E-state index is 13.4. The van der Waals surface area contributed by atoms with E-state index in [4.69, 9.17) is 0 Å². The summed E-state index contributed by atoms with van der Waals surface area (Å²) in [7, 11) is 0. The van der Waals surface area contributed by atoms with E-state index in [0.29, 0.717) is 28.7 Å². The minimum Gasteiger partial charge on any atom is -0.412 e. The van der Waals surface area contributed by atoms with Crippen molar-refractivity contribution in [3.8, 4) is 0 Å². The number of aliphatic hydroxyl groups is 1. The molecule has 0 aliphatic carbocycles. The molecule has 0 saturated carbocycles. The Morgan fingerprint density at radius 2 is 1.73 bits per heavy atom. The van der Waals surface area contributed by atoms with E-state index in [0.717, 1.165) is 5.56 Å². The highest BCUT2D eigenvalue weighted by atomic mass is 79.9. The minimum absolute atomic E-state index is 0. The molecular weight excluding hydrogens is 492 g/mol. The zero-order valence-corrected chi connectivity index (χ0v) is 19.0. The summed E-state index contributed by atoms with van der Waals surface area (Å²) in [5.74, 6) is -1.29. The number of Topliss-reactive ketones (excluding diaryl/α,β-unsaturated/α-hetero) is 1. The maximum Gasteiger partial charge on any atom is 0.280 e. The lowest BCUT2D eigenvalue weighted by molar-refractivity contribution is -0.385. The van der Waals surface area contributed by atoms with Gasteiger partial charge < -0.3 is 15.5 Å². The summed E-state index contributed by atoms with van der Waals surface area (Å²) in [6, 6.07) is 20.3. The standard InChI is InChI=1S/C24H19BrN2O5.H2O/c25-17-10-11-21-19(14-17)24(30,15-22(28)18-8-4-5-9-20(18)27(31)32)23(29)26(21)13-12-16-6-2-1-3-7-16;/h1-11,14,30H,12-13,15H2;1H2. The monoisotopic (exact) mass is 512 g/mol. The van der Waals surface area contributed by atoms with Gasteiger partial charge in [0.05, 0.1) is 22.6 Å². The topological polar surface area (TPSA) is 132 Å². The third kappa shape index (κ3) is 4.56. The number of hydrogen-bond acceptors (Lipinski definition) is 5. The first-order valence-corrected chi connectivity index (χ1v) is 10.8. The van der Waals surface area contributed by atoms with Gasteiger partial charge in [0.15, 0.2) is 11.4 Å². The number of nitrogens with zero attached hydrogens (tertiary/aromatic N) is 2. The largest absolute Gasteiger partial charge is 0.412 e. The molecule has 170 valence electrons. The molecule has 1 aliphatic heterocycles. The van der Waals surface area contributed by atoms with E-state index >= 15 is 0 Å². The highest BCUT2D eigenvalue weighted by molar-refractivity contribution is 9.10. The number of rotatable bonds is 7. The number of anilines is 1. The predicted octanol–water partition coefficient (Wildman–Crippen LogP) is 3.58. The Morgan fingerprint density at radius 1 is 1.06 bits per heavy atom. The van der Waals surface area contributed by atoms with Crippen molar-refractivity contribution in [2.45, 2.75) is 18.4 Å². The molecule has 9 heteroatoms. The maximum atomic E-state index is 13.4. The van der Waals surface area contributed by atoms with Crippen molar-refractivity contribution in [1.29, 1.82) is 0 Å². The van der Waals surface area contributed by atoms with Gasteiger partial charge in [-0.15, -0.1) is 0 Å². The van der Waals surface area contributed by atoms with Crippen molar-refractivity contribution in [1.82, 2.24) is 0 Å². The number of carbonyl (C=O) groups excluding carboxylic acids is 2. The normalized spacial score (nSPS) is 16.8. The summed E-state index contributed by atoms with van der Waals surface area (Å²) < 4.78 is 0.644. The number of fused-ring (bicyclic) bond motifs is 1. The lowest BCUT2D eigenvalue weighted by Crippen LogP contribution is -2.42. The van der Waals surface area contributed by atoms with Crippen molar-refractivity contribution in [3.63, 3.8) is 0 Å². The van der Waals surface area contributed by atoms with Gasteiger partial charge in [-0.3, -0.25) is 19.7 Å². The highest BCUT2D eigenvalue weighted by Crippen LogP contribution is 2.44. The van der Waals surface area contributed by atoms with Crippen LogP contribution >= 0.6 is 15.9 Å². The molecule has 4 rings (SSSR count). The number of carbonyl (C=O) groups is 2. The quantitative estimate of drug-likeness (QED) is 0.293. The van der Waals surface area contributed by atoms with E-state index in [1.54, 1.807) is 18.2 Å². The SMILES string of the molecule is O.O=C(CC1(O)C(=O)N(CCc2ccccc2)c2ccc(Br)cc21)c1ccccc1[N+](=O)[O-]. The van der Waals surface area contributed by atoms with Crippen LogP contribution in [0.2, 0.25) is 0 Å². The Morgan fingerprint density at radius 3 is 2.42 bits per heavy atom. The molecule has 0 aromatic heterocycles. The average Bonchev–Trinajstić information content (AvgIpc) is 2.99. The molecule has 1 aliphatic rings. The molecule has 0 bridgehead atoms. The molecule has 3 N–H and O–H groups in total. The van der Waals surface area contributed by atoms with Crippen LogP contribution in [-0.4, -0.2) is 33.7 Å². The van der Waals surface area contributed by atoms with Gasteiger partial charge in [-0.25, -0.2) is 0 Å². The van der Waals surface area contributed by atoms with E-state index in [9.17, 15) is 24.8 Å². The summed E-state index contributed by atoms with van der Waals surface area (Å²) in [6.45, 7) is 0.319. The van der Waals surface area contributed by atoms with E-state index in [2.05, 4.69) is 15.9 Å². The van der Waals surface area contributed by atoms with E-state index in [1.165, 1.54) is 29.2 Å². The van der Waals surface area contributed by atoms with Gasteiger partial charge in [-0.05, 0) is 36.2 Å². The predicted molar refractivity (Wildman–Crippen MR) is 126 cm³/mol. The number of ketones is 1. The molecule has 1 heterocycles.